The quantitative estimate of drug-likeness (QED) is 0.852. The minimum absolute atomic E-state index is 0.170. The molecule has 1 aliphatic heterocycles. The topological polar surface area (TPSA) is 46.8 Å². The summed E-state index contributed by atoms with van der Waals surface area (Å²) in [5, 5.41) is 0. The van der Waals surface area contributed by atoms with Gasteiger partial charge >= 0.3 is 0 Å². The van der Waals surface area contributed by atoms with Crippen molar-refractivity contribution in [2.24, 2.45) is 0 Å². The fraction of sp³-hybridized carbons (Fsp3) is 0.556. The van der Waals surface area contributed by atoms with Crippen LogP contribution in [0.15, 0.2) is 24.4 Å². The number of carbonyl (C=O) groups excluding carboxylic acids is 1. The normalized spacial score (nSPS) is 18.5. The first-order valence-corrected chi connectivity index (χ1v) is 8.51. The Labute approximate surface area is 137 Å². The highest BCUT2D eigenvalue weighted by Crippen LogP contribution is 2.17. The average Bonchev–Trinajstić information content (AvgIpc) is 2.89. The zero-order chi connectivity index (χ0) is 16.2. The monoisotopic (exact) mass is 315 g/mol. The highest BCUT2D eigenvalue weighted by molar-refractivity contribution is 5.79. The molecule has 1 aliphatic rings. The van der Waals surface area contributed by atoms with Crippen LogP contribution in [0, 0.1) is 6.92 Å². The van der Waals surface area contributed by atoms with Crippen molar-refractivity contribution in [3.63, 3.8) is 0 Å². The van der Waals surface area contributed by atoms with Gasteiger partial charge < -0.3 is 14.0 Å². The van der Waals surface area contributed by atoms with Crippen molar-refractivity contribution in [1.29, 1.82) is 0 Å². The van der Waals surface area contributed by atoms with Crippen molar-refractivity contribution in [3.8, 4) is 0 Å². The maximum Gasteiger partial charge on any atom is 0.228 e. The van der Waals surface area contributed by atoms with Crippen LogP contribution in [-0.4, -0.2) is 46.0 Å². The molecule has 1 saturated heterocycles. The molecule has 5 heteroatoms. The first kappa shape index (κ1) is 16.0. The van der Waals surface area contributed by atoms with Gasteiger partial charge in [0.25, 0.3) is 0 Å². The van der Waals surface area contributed by atoms with E-state index in [-0.39, 0.29) is 12.0 Å². The van der Waals surface area contributed by atoms with Crippen LogP contribution in [0.2, 0.25) is 0 Å². The van der Waals surface area contributed by atoms with E-state index in [2.05, 4.69) is 11.9 Å². The number of hydrogen-bond donors (Lipinski definition) is 0. The summed E-state index contributed by atoms with van der Waals surface area (Å²) in [6.45, 7) is 6.41. The molecule has 3 heterocycles. The van der Waals surface area contributed by atoms with Crippen LogP contribution in [0.3, 0.4) is 0 Å². The second kappa shape index (κ2) is 7.13. The molecule has 1 fully saturated rings. The van der Waals surface area contributed by atoms with Crippen LogP contribution in [0.25, 0.3) is 5.65 Å². The number of pyridine rings is 1. The summed E-state index contributed by atoms with van der Waals surface area (Å²) in [6, 6.07) is 5.90. The van der Waals surface area contributed by atoms with E-state index in [1.54, 1.807) is 0 Å². The highest BCUT2D eigenvalue weighted by Gasteiger charge is 2.25. The summed E-state index contributed by atoms with van der Waals surface area (Å²) in [4.78, 5) is 19.2. The lowest BCUT2D eigenvalue weighted by Crippen LogP contribution is -2.44. The summed E-state index contributed by atoms with van der Waals surface area (Å²) >= 11 is 0. The molecular weight excluding hydrogens is 290 g/mol. The molecule has 2 aromatic rings. The van der Waals surface area contributed by atoms with Gasteiger partial charge in [-0.15, -0.1) is 0 Å². The number of aromatic nitrogens is 2. The molecular formula is C18H25N3O2. The summed E-state index contributed by atoms with van der Waals surface area (Å²) in [6.07, 6.45) is 5.66. The molecule has 0 unspecified atom stereocenters. The first-order valence-electron chi connectivity index (χ1n) is 8.51. The van der Waals surface area contributed by atoms with Crippen molar-refractivity contribution in [3.05, 3.63) is 35.8 Å². The lowest BCUT2D eigenvalue weighted by atomic mass is 10.1. The third kappa shape index (κ3) is 3.55. The highest BCUT2D eigenvalue weighted by atomic mass is 16.5. The maximum atomic E-state index is 12.7. The number of aryl methyl sites for hydroxylation is 1. The van der Waals surface area contributed by atoms with E-state index >= 15 is 0 Å². The van der Waals surface area contributed by atoms with Crippen LogP contribution in [0.5, 0.6) is 0 Å². The number of likely N-dealkylation sites (tertiary alicyclic amines) is 1. The summed E-state index contributed by atoms with van der Waals surface area (Å²) in [5.74, 6) is 0.170. The van der Waals surface area contributed by atoms with Gasteiger partial charge in [-0.2, -0.15) is 0 Å². The molecule has 124 valence electrons. The minimum atomic E-state index is 0.170. The van der Waals surface area contributed by atoms with Gasteiger partial charge in [0.15, 0.2) is 0 Å². The Morgan fingerprint density at radius 3 is 3.13 bits per heavy atom. The number of carbonyl (C=O) groups is 1. The lowest BCUT2D eigenvalue weighted by Gasteiger charge is -2.32. The van der Waals surface area contributed by atoms with Crippen LogP contribution in [0.1, 0.15) is 37.6 Å². The van der Waals surface area contributed by atoms with Crippen molar-refractivity contribution in [2.75, 3.05) is 19.7 Å². The van der Waals surface area contributed by atoms with Crippen molar-refractivity contribution in [2.45, 2.75) is 45.6 Å². The third-order valence-electron chi connectivity index (χ3n) is 4.44. The number of ether oxygens (including phenoxy) is 1. The molecule has 3 rings (SSSR count). The Morgan fingerprint density at radius 2 is 2.30 bits per heavy atom. The predicted octanol–water partition coefficient (Wildman–Crippen LogP) is 2.60. The van der Waals surface area contributed by atoms with Gasteiger partial charge in [0.2, 0.25) is 5.91 Å². The third-order valence-corrected chi connectivity index (χ3v) is 4.44. The molecule has 1 amide bonds. The van der Waals surface area contributed by atoms with Gasteiger partial charge in [0.1, 0.15) is 5.65 Å². The van der Waals surface area contributed by atoms with Crippen LogP contribution in [-0.2, 0) is 16.0 Å². The van der Waals surface area contributed by atoms with Gasteiger partial charge in [0.05, 0.1) is 23.9 Å². The number of amides is 1. The Balaban J connectivity index is 1.69. The number of imidazole rings is 1. The molecule has 2 aromatic heterocycles. The Morgan fingerprint density at radius 1 is 1.43 bits per heavy atom. The van der Waals surface area contributed by atoms with Crippen LogP contribution >= 0.6 is 0 Å². The smallest absolute Gasteiger partial charge is 0.228 e. The van der Waals surface area contributed by atoms with E-state index in [0.717, 1.165) is 49.4 Å². The second-order valence-electron chi connectivity index (χ2n) is 6.22. The molecule has 5 nitrogen and oxygen atoms in total. The summed E-state index contributed by atoms with van der Waals surface area (Å²) in [5.41, 5.74) is 2.82. The number of nitrogens with zero attached hydrogens (tertiary/aromatic N) is 3. The number of fused-ring (bicyclic) bond motifs is 1. The molecule has 1 atom stereocenters. The van der Waals surface area contributed by atoms with E-state index in [0.29, 0.717) is 13.0 Å². The predicted molar refractivity (Wildman–Crippen MR) is 89.5 cm³/mol. The molecule has 0 aromatic carbocycles. The maximum absolute atomic E-state index is 12.7. The summed E-state index contributed by atoms with van der Waals surface area (Å²) in [7, 11) is 0. The molecule has 0 bridgehead atoms. The van der Waals surface area contributed by atoms with Crippen molar-refractivity contribution >= 4 is 11.6 Å². The molecule has 0 N–H and O–H groups in total. The van der Waals surface area contributed by atoms with E-state index in [1.165, 1.54) is 0 Å². The Kier molecular flexibility index (Phi) is 4.96. The second-order valence-corrected chi connectivity index (χ2v) is 6.22. The van der Waals surface area contributed by atoms with Gasteiger partial charge in [-0.1, -0.05) is 13.0 Å². The van der Waals surface area contributed by atoms with Crippen LogP contribution in [0.4, 0.5) is 0 Å². The molecule has 23 heavy (non-hydrogen) atoms. The van der Waals surface area contributed by atoms with Crippen LogP contribution < -0.4 is 0 Å². The first-order chi connectivity index (χ1) is 11.2. The fourth-order valence-corrected chi connectivity index (χ4v) is 3.22. The largest absolute Gasteiger partial charge is 0.376 e. The average molecular weight is 315 g/mol. The van der Waals surface area contributed by atoms with E-state index < -0.39 is 0 Å². The Hall–Kier alpha value is -1.88. The Bertz CT molecular complexity index is 680. The zero-order valence-electron chi connectivity index (χ0n) is 14.0. The molecule has 0 aliphatic carbocycles. The fourth-order valence-electron chi connectivity index (χ4n) is 3.22. The minimum Gasteiger partial charge on any atom is -0.376 e. The number of rotatable bonds is 5. The molecule has 0 spiro atoms. The SMILES string of the molecule is CCCO[C@H]1CCCN(C(=O)Cc2c(C)nc3ccccn23)C1. The lowest BCUT2D eigenvalue weighted by molar-refractivity contribution is -0.134. The van der Waals surface area contributed by atoms with E-state index in [1.807, 2.05) is 40.6 Å². The standard InChI is InChI=1S/C18H25N3O2/c1-3-11-23-15-7-6-9-20(13-15)18(22)12-16-14(2)19-17-8-4-5-10-21(16)17/h4-5,8,10,15H,3,6-7,9,11-13H2,1-2H3/t15-/m0/s1. The number of hydrogen-bond acceptors (Lipinski definition) is 3. The summed E-state index contributed by atoms with van der Waals surface area (Å²) < 4.78 is 7.85. The van der Waals surface area contributed by atoms with E-state index in [9.17, 15) is 4.79 Å². The number of piperidine rings is 1. The van der Waals surface area contributed by atoms with Gasteiger partial charge in [0, 0.05) is 25.9 Å². The zero-order valence-corrected chi connectivity index (χ0v) is 14.0. The van der Waals surface area contributed by atoms with Crippen molar-refractivity contribution < 1.29 is 9.53 Å². The molecule has 0 radical (unpaired) electrons. The van der Waals surface area contributed by atoms with Gasteiger partial charge in [-0.3, -0.25) is 4.79 Å². The van der Waals surface area contributed by atoms with E-state index in [4.69, 9.17) is 4.74 Å². The van der Waals surface area contributed by atoms with Crippen molar-refractivity contribution in [1.82, 2.24) is 14.3 Å². The van der Waals surface area contributed by atoms with Gasteiger partial charge in [-0.25, -0.2) is 4.98 Å². The van der Waals surface area contributed by atoms with Gasteiger partial charge in [-0.05, 0) is 38.3 Å². The molecule has 0 saturated carbocycles.